The van der Waals surface area contributed by atoms with Crippen molar-refractivity contribution in [1.29, 1.82) is 0 Å². The van der Waals surface area contributed by atoms with Crippen molar-refractivity contribution >= 4 is 17.7 Å². The Morgan fingerprint density at radius 3 is 2.50 bits per heavy atom. The molecule has 0 saturated carbocycles. The van der Waals surface area contributed by atoms with Crippen LogP contribution in [-0.2, 0) is 10.3 Å². The van der Waals surface area contributed by atoms with Crippen LogP contribution in [0, 0.1) is 0 Å². The third kappa shape index (κ3) is 2.57. The molecule has 0 heterocycles. The van der Waals surface area contributed by atoms with Crippen molar-refractivity contribution in [3.63, 3.8) is 0 Å². The standard InChI is InChI=1S/C12H17NO2S/c1-13-12(11(14)15,8-9-16-2)10-6-4-3-5-7-10/h3-7,13H,8-9H2,1-2H3,(H,14,15). The van der Waals surface area contributed by atoms with Gasteiger partial charge in [0.2, 0.25) is 0 Å². The number of carboxylic acids is 1. The molecule has 1 unspecified atom stereocenters. The summed E-state index contributed by atoms with van der Waals surface area (Å²) in [4.78, 5) is 11.5. The number of hydrogen-bond donors (Lipinski definition) is 2. The monoisotopic (exact) mass is 239 g/mol. The van der Waals surface area contributed by atoms with E-state index in [0.717, 1.165) is 11.3 Å². The summed E-state index contributed by atoms with van der Waals surface area (Å²) < 4.78 is 0. The van der Waals surface area contributed by atoms with Gasteiger partial charge in [0.1, 0.15) is 5.54 Å². The van der Waals surface area contributed by atoms with E-state index in [1.54, 1.807) is 18.8 Å². The second-order valence-electron chi connectivity index (χ2n) is 3.57. The summed E-state index contributed by atoms with van der Waals surface area (Å²) in [5, 5.41) is 12.4. The van der Waals surface area contributed by atoms with Crippen LogP contribution in [0.5, 0.6) is 0 Å². The van der Waals surface area contributed by atoms with Crippen molar-refractivity contribution in [2.75, 3.05) is 19.1 Å². The number of aliphatic carboxylic acids is 1. The lowest BCUT2D eigenvalue weighted by molar-refractivity contribution is -0.145. The lowest BCUT2D eigenvalue weighted by Crippen LogP contribution is -2.47. The first-order valence-electron chi connectivity index (χ1n) is 5.14. The fraction of sp³-hybridized carbons (Fsp3) is 0.417. The van der Waals surface area contributed by atoms with Gasteiger partial charge in [-0.05, 0) is 31.0 Å². The predicted octanol–water partition coefficient (Wildman–Crippen LogP) is 1.94. The van der Waals surface area contributed by atoms with E-state index in [1.165, 1.54) is 0 Å². The number of hydrogen-bond acceptors (Lipinski definition) is 3. The molecular weight excluding hydrogens is 222 g/mol. The Morgan fingerprint density at radius 2 is 2.06 bits per heavy atom. The molecule has 16 heavy (non-hydrogen) atoms. The Morgan fingerprint density at radius 1 is 1.44 bits per heavy atom. The van der Waals surface area contributed by atoms with Gasteiger partial charge in [-0.2, -0.15) is 11.8 Å². The molecular formula is C12H17NO2S. The maximum Gasteiger partial charge on any atom is 0.328 e. The van der Waals surface area contributed by atoms with E-state index in [1.807, 2.05) is 36.6 Å². The Hall–Kier alpha value is -1.00. The van der Waals surface area contributed by atoms with Gasteiger partial charge in [-0.15, -0.1) is 0 Å². The molecule has 0 amide bonds. The van der Waals surface area contributed by atoms with Gasteiger partial charge in [-0.25, -0.2) is 4.79 Å². The minimum atomic E-state index is -0.968. The normalized spacial score (nSPS) is 14.4. The number of rotatable bonds is 6. The van der Waals surface area contributed by atoms with Gasteiger partial charge in [0, 0.05) is 0 Å². The molecule has 1 aromatic carbocycles. The van der Waals surface area contributed by atoms with Gasteiger partial charge in [-0.1, -0.05) is 30.3 Å². The first-order chi connectivity index (χ1) is 7.67. The SMILES string of the molecule is CNC(CCSC)(C(=O)O)c1ccccc1. The molecule has 0 aliphatic heterocycles. The van der Waals surface area contributed by atoms with Crippen LogP contribution in [0.3, 0.4) is 0 Å². The fourth-order valence-corrected chi connectivity index (χ4v) is 2.24. The molecule has 3 nitrogen and oxygen atoms in total. The van der Waals surface area contributed by atoms with Gasteiger partial charge in [0.15, 0.2) is 0 Å². The fourth-order valence-electron chi connectivity index (χ4n) is 1.73. The summed E-state index contributed by atoms with van der Waals surface area (Å²) in [6.45, 7) is 0. The lowest BCUT2D eigenvalue weighted by atomic mass is 9.87. The van der Waals surface area contributed by atoms with Crippen molar-refractivity contribution in [3.05, 3.63) is 35.9 Å². The van der Waals surface area contributed by atoms with E-state index in [9.17, 15) is 9.90 Å². The molecule has 4 heteroatoms. The molecule has 88 valence electrons. The van der Waals surface area contributed by atoms with Gasteiger partial charge < -0.3 is 10.4 Å². The van der Waals surface area contributed by atoms with Crippen LogP contribution in [0.2, 0.25) is 0 Å². The molecule has 2 N–H and O–H groups in total. The van der Waals surface area contributed by atoms with E-state index in [2.05, 4.69) is 5.32 Å². The minimum absolute atomic E-state index is 0.573. The molecule has 0 aromatic heterocycles. The van der Waals surface area contributed by atoms with Crippen LogP contribution < -0.4 is 5.32 Å². The molecule has 1 atom stereocenters. The van der Waals surface area contributed by atoms with Gasteiger partial charge >= 0.3 is 5.97 Å². The molecule has 0 radical (unpaired) electrons. The number of likely N-dealkylation sites (N-methyl/N-ethyl adjacent to an activating group) is 1. The van der Waals surface area contributed by atoms with Crippen LogP contribution >= 0.6 is 11.8 Å². The smallest absolute Gasteiger partial charge is 0.328 e. The summed E-state index contributed by atoms with van der Waals surface area (Å²) in [5.41, 5.74) is -0.163. The Labute approximate surface area is 100 Å². The summed E-state index contributed by atoms with van der Waals surface area (Å²) >= 11 is 1.65. The number of carbonyl (C=O) groups is 1. The second kappa shape index (κ2) is 5.92. The summed E-state index contributed by atoms with van der Waals surface area (Å²) in [6, 6.07) is 9.32. The highest BCUT2D eigenvalue weighted by atomic mass is 32.2. The zero-order valence-corrected chi connectivity index (χ0v) is 10.4. The number of benzene rings is 1. The van der Waals surface area contributed by atoms with Crippen LogP contribution in [0.4, 0.5) is 0 Å². The number of carboxylic acid groups (broad SMARTS) is 1. The third-order valence-electron chi connectivity index (χ3n) is 2.74. The highest BCUT2D eigenvalue weighted by Gasteiger charge is 2.37. The highest BCUT2D eigenvalue weighted by Crippen LogP contribution is 2.26. The van der Waals surface area contributed by atoms with Crippen molar-refractivity contribution in [3.8, 4) is 0 Å². The van der Waals surface area contributed by atoms with E-state index in [-0.39, 0.29) is 0 Å². The molecule has 0 fully saturated rings. The first kappa shape index (κ1) is 13.1. The quantitative estimate of drug-likeness (QED) is 0.796. The van der Waals surface area contributed by atoms with Crippen LogP contribution in [0.1, 0.15) is 12.0 Å². The van der Waals surface area contributed by atoms with E-state index >= 15 is 0 Å². The summed E-state index contributed by atoms with van der Waals surface area (Å²) in [5.74, 6) is -0.0163. The molecule has 1 rings (SSSR count). The van der Waals surface area contributed by atoms with Crippen molar-refractivity contribution in [1.82, 2.24) is 5.32 Å². The van der Waals surface area contributed by atoms with Crippen LogP contribution in [0.15, 0.2) is 30.3 Å². The third-order valence-corrected chi connectivity index (χ3v) is 3.35. The zero-order chi connectivity index (χ0) is 12.0. The molecule has 0 aliphatic carbocycles. The maximum atomic E-state index is 11.5. The van der Waals surface area contributed by atoms with Gasteiger partial charge in [-0.3, -0.25) is 0 Å². The van der Waals surface area contributed by atoms with Crippen LogP contribution in [0.25, 0.3) is 0 Å². The first-order valence-corrected chi connectivity index (χ1v) is 6.53. The minimum Gasteiger partial charge on any atom is -0.480 e. The highest BCUT2D eigenvalue weighted by molar-refractivity contribution is 7.98. The second-order valence-corrected chi connectivity index (χ2v) is 4.55. The largest absolute Gasteiger partial charge is 0.480 e. The summed E-state index contributed by atoms with van der Waals surface area (Å²) in [6.07, 6.45) is 2.55. The molecule has 0 spiro atoms. The van der Waals surface area contributed by atoms with E-state index in [4.69, 9.17) is 0 Å². The molecule has 1 aromatic rings. The maximum absolute atomic E-state index is 11.5. The average Bonchev–Trinajstić information content (AvgIpc) is 2.31. The van der Waals surface area contributed by atoms with Gasteiger partial charge in [0.25, 0.3) is 0 Å². The predicted molar refractivity (Wildman–Crippen MR) is 67.8 cm³/mol. The van der Waals surface area contributed by atoms with Crippen molar-refractivity contribution in [2.45, 2.75) is 12.0 Å². The van der Waals surface area contributed by atoms with E-state index < -0.39 is 11.5 Å². The Bertz CT molecular complexity index is 342. The van der Waals surface area contributed by atoms with Crippen molar-refractivity contribution < 1.29 is 9.90 Å². The lowest BCUT2D eigenvalue weighted by Gasteiger charge is -2.29. The number of thioether (sulfide) groups is 1. The Balaban J connectivity index is 3.07. The van der Waals surface area contributed by atoms with Crippen molar-refractivity contribution in [2.24, 2.45) is 0 Å². The zero-order valence-electron chi connectivity index (χ0n) is 9.56. The summed E-state index contributed by atoms with van der Waals surface area (Å²) in [7, 11) is 1.70. The van der Waals surface area contributed by atoms with E-state index in [0.29, 0.717) is 6.42 Å². The van der Waals surface area contributed by atoms with Gasteiger partial charge in [0.05, 0.1) is 0 Å². The Kier molecular flexibility index (Phi) is 4.83. The molecule has 0 saturated heterocycles. The number of nitrogens with one attached hydrogen (secondary N) is 1. The average molecular weight is 239 g/mol. The van der Waals surface area contributed by atoms with Crippen LogP contribution in [-0.4, -0.2) is 30.1 Å². The topological polar surface area (TPSA) is 49.3 Å². The molecule has 0 bridgehead atoms. The molecule has 0 aliphatic rings.